The second kappa shape index (κ2) is 12.6. The summed E-state index contributed by atoms with van der Waals surface area (Å²) in [7, 11) is 0. The third-order valence-corrected chi connectivity index (χ3v) is 6.83. The summed E-state index contributed by atoms with van der Waals surface area (Å²) in [6.45, 7) is 3.29. The number of primary amides is 1. The van der Waals surface area contributed by atoms with Crippen LogP contribution in [0.5, 0.6) is 0 Å². The van der Waals surface area contributed by atoms with Crippen LogP contribution in [0.15, 0.2) is 79.1 Å². The molecular formula is C30H29FN6O4. The van der Waals surface area contributed by atoms with Crippen LogP contribution in [-0.4, -0.2) is 69.6 Å². The number of carbonyl (C=O) groups is 3. The van der Waals surface area contributed by atoms with Crippen LogP contribution in [0.2, 0.25) is 0 Å². The van der Waals surface area contributed by atoms with Crippen LogP contribution in [0.3, 0.4) is 0 Å². The molecule has 1 atom stereocenters. The number of ketones is 1. The number of Topliss-reactive ketones (excluding diaryl/α,β-unsaturated/α-hetero) is 1. The molecule has 2 aromatic heterocycles. The molecule has 1 aliphatic heterocycles. The number of hydrogen-bond donors (Lipinski definition) is 2. The first kappa shape index (κ1) is 27.8. The Hall–Kier alpha value is -4.74. The van der Waals surface area contributed by atoms with E-state index in [1.54, 1.807) is 54.7 Å². The molecule has 2 amide bonds. The number of rotatable bonds is 10. The molecular weight excluding hydrogens is 527 g/mol. The molecule has 0 radical (unpaired) electrons. The number of nitrogens with one attached hydrogen (secondary N) is 1. The molecule has 11 heteroatoms. The first-order chi connectivity index (χ1) is 19.9. The Balaban J connectivity index is 1.41. The van der Waals surface area contributed by atoms with Crippen molar-refractivity contribution in [1.82, 2.24) is 25.0 Å². The number of nitrogens with two attached hydrogens (primary N) is 1. The van der Waals surface area contributed by atoms with Crippen molar-refractivity contribution < 1.29 is 23.5 Å². The molecule has 0 saturated carbocycles. The fourth-order valence-electron chi connectivity index (χ4n) is 4.75. The van der Waals surface area contributed by atoms with Gasteiger partial charge in [-0.2, -0.15) is 5.10 Å². The van der Waals surface area contributed by atoms with Crippen molar-refractivity contribution in [3.8, 4) is 17.1 Å². The maximum absolute atomic E-state index is 14.2. The number of amides is 2. The molecule has 41 heavy (non-hydrogen) atoms. The minimum Gasteiger partial charge on any atom is -0.379 e. The number of carbonyl (C=O) groups excluding carboxylic acids is 3. The molecule has 0 bridgehead atoms. The van der Waals surface area contributed by atoms with Gasteiger partial charge in [-0.3, -0.25) is 19.3 Å². The molecule has 0 spiro atoms. The lowest BCUT2D eigenvalue weighted by molar-refractivity contribution is -0.137. The van der Waals surface area contributed by atoms with Gasteiger partial charge in [0.1, 0.15) is 11.9 Å². The Morgan fingerprint density at radius 1 is 1.02 bits per heavy atom. The van der Waals surface area contributed by atoms with E-state index in [4.69, 9.17) is 10.5 Å². The Morgan fingerprint density at radius 2 is 1.80 bits per heavy atom. The van der Waals surface area contributed by atoms with Gasteiger partial charge in [-0.15, -0.1) is 0 Å². The van der Waals surface area contributed by atoms with Crippen LogP contribution in [0.4, 0.5) is 4.39 Å². The minimum absolute atomic E-state index is 0.0896. The van der Waals surface area contributed by atoms with E-state index in [9.17, 15) is 18.8 Å². The molecule has 4 aromatic rings. The van der Waals surface area contributed by atoms with Gasteiger partial charge in [0.15, 0.2) is 5.82 Å². The average molecular weight is 557 g/mol. The molecule has 3 heterocycles. The smallest absolute Gasteiger partial charge is 0.287 e. The lowest BCUT2D eigenvalue weighted by Gasteiger charge is -2.27. The number of pyridine rings is 1. The fraction of sp³-hybridized carbons (Fsp3) is 0.233. The van der Waals surface area contributed by atoms with Gasteiger partial charge in [0.2, 0.25) is 5.78 Å². The molecule has 1 unspecified atom stereocenters. The highest BCUT2D eigenvalue weighted by Crippen LogP contribution is 2.26. The van der Waals surface area contributed by atoms with E-state index in [2.05, 4.69) is 20.3 Å². The monoisotopic (exact) mass is 556 g/mol. The number of benzene rings is 2. The molecule has 210 valence electrons. The van der Waals surface area contributed by atoms with Gasteiger partial charge in [0.25, 0.3) is 11.8 Å². The number of aromatic nitrogens is 3. The maximum Gasteiger partial charge on any atom is 0.287 e. The van der Waals surface area contributed by atoms with Crippen molar-refractivity contribution in [2.75, 3.05) is 26.3 Å². The SMILES string of the molecule is NC(=O)C(=O)C(Cc1ccccc1)NC(=O)c1cccnc1-n1ccc(-c2ccc(F)cc2CN2CCOCC2)n1. The average Bonchev–Trinajstić information content (AvgIpc) is 3.47. The lowest BCUT2D eigenvalue weighted by atomic mass is 10.0. The van der Waals surface area contributed by atoms with Crippen molar-refractivity contribution in [3.05, 3.63) is 102 Å². The summed E-state index contributed by atoms with van der Waals surface area (Å²) in [4.78, 5) is 44.2. The Morgan fingerprint density at radius 3 is 2.56 bits per heavy atom. The molecule has 5 rings (SSSR count). The first-order valence-electron chi connectivity index (χ1n) is 13.2. The summed E-state index contributed by atoms with van der Waals surface area (Å²) >= 11 is 0. The standard InChI is InChI=1S/C30H29FN6O4/c31-22-8-9-23(21(18-22)19-36-13-15-41-16-14-36)25-10-12-37(35-25)29-24(7-4-11-33-29)30(40)34-26(27(38)28(32)39)17-20-5-2-1-3-6-20/h1-12,18,26H,13-17,19H2,(H2,32,39)(H,34,40). The topological polar surface area (TPSA) is 132 Å². The number of halogens is 1. The van der Waals surface area contributed by atoms with E-state index >= 15 is 0 Å². The number of hydrogen-bond acceptors (Lipinski definition) is 7. The van der Waals surface area contributed by atoms with E-state index in [1.807, 2.05) is 6.07 Å². The molecule has 1 fully saturated rings. The van der Waals surface area contributed by atoms with Crippen LogP contribution >= 0.6 is 0 Å². The van der Waals surface area contributed by atoms with Gasteiger partial charge in [-0.05, 0) is 47.5 Å². The predicted molar refractivity (Wildman–Crippen MR) is 148 cm³/mol. The number of nitrogens with zero attached hydrogens (tertiary/aromatic N) is 4. The van der Waals surface area contributed by atoms with Gasteiger partial charge in [-0.25, -0.2) is 14.1 Å². The number of ether oxygens (including phenoxy) is 1. The highest BCUT2D eigenvalue weighted by Gasteiger charge is 2.27. The summed E-state index contributed by atoms with van der Waals surface area (Å²) in [5.41, 5.74) is 8.28. The maximum atomic E-state index is 14.2. The third kappa shape index (κ3) is 6.71. The molecule has 0 aliphatic carbocycles. The van der Waals surface area contributed by atoms with Crippen LogP contribution in [-0.2, 0) is 27.3 Å². The van der Waals surface area contributed by atoms with Crippen molar-refractivity contribution in [2.24, 2.45) is 5.73 Å². The van der Waals surface area contributed by atoms with E-state index in [1.165, 1.54) is 23.0 Å². The fourth-order valence-corrected chi connectivity index (χ4v) is 4.75. The summed E-state index contributed by atoms with van der Waals surface area (Å²) < 4.78 is 21.1. The van der Waals surface area contributed by atoms with E-state index < -0.39 is 23.6 Å². The van der Waals surface area contributed by atoms with Crippen molar-refractivity contribution in [2.45, 2.75) is 19.0 Å². The zero-order chi connectivity index (χ0) is 28.8. The lowest BCUT2D eigenvalue weighted by Crippen LogP contribution is -2.47. The van der Waals surface area contributed by atoms with Crippen molar-refractivity contribution in [1.29, 1.82) is 0 Å². The first-order valence-corrected chi connectivity index (χ1v) is 13.2. The minimum atomic E-state index is -1.16. The highest BCUT2D eigenvalue weighted by molar-refractivity contribution is 6.38. The Bertz CT molecular complexity index is 1550. The summed E-state index contributed by atoms with van der Waals surface area (Å²) in [6, 6.07) is 17.3. The van der Waals surface area contributed by atoms with Crippen molar-refractivity contribution in [3.63, 3.8) is 0 Å². The van der Waals surface area contributed by atoms with Crippen LogP contribution in [0, 0.1) is 5.82 Å². The van der Waals surface area contributed by atoms with Gasteiger partial charge >= 0.3 is 0 Å². The normalized spacial score (nSPS) is 14.4. The molecule has 2 aromatic carbocycles. The Labute approximate surface area is 235 Å². The van der Waals surface area contributed by atoms with E-state index in [0.717, 1.165) is 29.8 Å². The predicted octanol–water partition coefficient (Wildman–Crippen LogP) is 2.30. The second-order valence-electron chi connectivity index (χ2n) is 9.65. The van der Waals surface area contributed by atoms with E-state index in [0.29, 0.717) is 25.5 Å². The third-order valence-electron chi connectivity index (χ3n) is 6.83. The van der Waals surface area contributed by atoms with Gasteiger partial charge in [-0.1, -0.05) is 30.3 Å². The van der Waals surface area contributed by atoms with Gasteiger partial charge in [0, 0.05) is 44.0 Å². The quantitative estimate of drug-likeness (QED) is 0.287. The zero-order valence-electron chi connectivity index (χ0n) is 22.2. The van der Waals surface area contributed by atoms with Crippen LogP contribution < -0.4 is 11.1 Å². The van der Waals surface area contributed by atoms with Crippen LogP contribution in [0.1, 0.15) is 21.5 Å². The molecule has 10 nitrogen and oxygen atoms in total. The van der Waals surface area contributed by atoms with Gasteiger partial charge < -0.3 is 15.8 Å². The second-order valence-corrected chi connectivity index (χ2v) is 9.65. The molecule has 3 N–H and O–H groups in total. The summed E-state index contributed by atoms with van der Waals surface area (Å²) in [6.07, 6.45) is 3.27. The Kier molecular flexibility index (Phi) is 8.56. The van der Waals surface area contributed by atoms with Gasteiger partial charge in [0.05, 0.1) is 24.5 Å². The summed E-state index contributed by atoms with van der Waals surface area (Å²) in [5, 5.41) is 7.30. The number of morpholine rings is 1. The molecule has 1 aliphatic rings. The highest BCUT2D eigenvalue weighted by atomic mass is 19.1. The van der Waals surface area contributed by atoms with Crippen molar-refractivity contribution >= 4 is 17.6 Å². The van der Waals surface area contributed by atoms with E-state index in [-0.39, 0.29) is 23.6 Å². The zero-order valence-corrected chi connectivity index (χ0v) is 22.2. The largest absolute Gasteiger partial charge is 0.379 e. The molecule has 1 saturated heterocycles. The summed E-state index contributed by atoms with van der Waals surface area (Å²) in [5.74, 6) is -2.77. The van der Waals surface area contributed by atoms with Crippen LogP contribution in [0.25, 0.3) is 17.1 Å².